The first-order valence-electron chi connectivity index (χ1n) is 9.20. The summed E-state index contributed by atoms with van der Waals surface area (Å²) in [4.78, 5) is 18.8. The van der Waals surface area contributed by atoms with Gasteiger partial charge in [-0.05, 0) is 18.2 Å². The van der Waals surface area contributed by atoms with Crippen molar-refractivity contribution < 1.29 is 19.0 Å². The Morgan fingerprint density at radius 3 is 2.42 bits per heavy atom. The van der Waals surface area contributed by atoms with E-state index in [0.29, 0.717) is 26.4 Å². The Bertz CT molecular complexity index is 598. The van der Waals surface area contributed by atoms with Crippen molar-refractivity contribution in [1.29, 1.82) is 0 Å². The molecule has 0 atom stereocenters. The predicted octanol–water partition coefficient (Wildman–Crippen LogP) is 0.965. The Labute approximate surface area is 155 Å². The van der Waals surface area contributed by atoms with Crippen LogP contribution < -0.4 is 9.80 Å². The van der Waals surface area contributed by atoms with Gasteiger partial charge in [-0.25, -0.2) is 0 Å². The quantitative estimate of drug-likeness (QED) is 0.751. The molecular formula is C19H29N3O4. The molecule has 0 radical (unpaired) electrons. The summed E-state index contributed by atoms with van der Waals surface area (Å²) in [7, 11) is 3.53. The number of anilines is 2. The zero-order valence-electron chi connectivity index (χ0n) is 15.8. The standard InChI is InChI=1S/C19H29N3O4/c1-20(19(23)14-21-5-9-25-10-6-21)17-3-4-18(16(13-17)15-24-2)22-7-11-26-12-8-22/h3-4,13H,5-12,14-15H2,1-2H3. The summed E-state index contributed by atoms with van der Waals surface area (Å²) in [5, 5.41) is 0. The van der Waals surface area contributed by atoms with Gasteiger partial charge in [-0.3, -0.25) is 9.69 Å². The summed E-state index contributed by atoms with van der Waals surface area (Å²) >= 11 is 0. The number of nitrogens with zero attached hydrogens (tertiary/aromatic N) is 3. The smallest absolute Gasteiger partial charge is 0.240 e. The number of amides is 1. The number of rotatable bonds is 6. The molecule has 2 aliphatic rings. The van der Waals surface area contributed by atoms with E-state index < -0.39 is 0 Å². The van der Waals surface area contributed by atoms with Gasteiger partial charge in [0.25, 0.3) is 0 Å². The third kappa shape index (κ3) is 4.73. The lowest BCUT2D eigenvalue weighted by atomic mass is 10.1. The summed E-state index contributed by atoms with van der Waals surface area (Å²) in [5.74, 6) is 0.0920. The Hall–Kier alpha value is -1.67. The molecule has 0 N–H and O–H groups in total. The van der Waals surface area contributed by atoms with Crippen molar-refractivity contribution in [3.05, 3.63) is 23.8 Å². The molecule has 1 amide bonds. The van der Waals surface area contributed by atoms with E-state index in [1.807, 2.05) is 13.1 Å². The Morgan fingerprint density at radius 1 is 1.12 bits per heavy atom. The van der Waals surface area contributed by atoms with E-state index in [1.165, 1.54) is 0 Å². The lowest BCUT2D eigenvalue weighted by Crippen LogP contribution is -2.43. The van der Waals surface area contributed by atoms with E-state index in [0.717, 1.165) is 56.3 Å². The number of carbonyl (C=O) groups excluding carboxylic acids is 1. The topological polar surface area (TPSA) is 54.5 Å². The largest absolute Gasteiger partial charge is 0.380 e. The predicted molar refractivity (Wildman–Crippen MR) is 101 cm³/mol. The van der Waals surface area contributed by atoms with E-state index in [1.54, 1.807) is 12.0 Å². The molecular weight excluding hydrogens is 334 g/mol. The van der Waals surface area contributed by atoms with Gasteiger partial charge in [0.15, 0.2) is 0 Å². The fourth-order valence-corrected chi connectivity index (χ4v) is 3.37. The highest BCUT2D eigenvalue weighted by atomic mass is 16.5. The molecule has 0 aliphatic carbocycles. The van der Waals surface area contributed by atoms with E-state index in [9.17, 15) is 4.79 Å². The zero-order chi connectivity index (χ0) is 18.4. The number of hydrogen-bond donors (Lipinski definition) is 0. The van der Waals surface area contributed by atoms with E-state index in [-0.39, 0.29) is 5.91 Å². The first-order chi connectivity index (χ1) is 12.7. The fourth-order valence-electron chi connectivity index (χ4n) is 3.37. The van der Waals surface area contributed by atoms with Crippen LogP contribution in [0.15, 0.2) is 18.2 Å². The number of ether oxygens (including phenoxy) is 3. The van der Waals surface area contributed by atoms with Crippen molar-refractivity contribution in [2.24, 2.45) is 0 Å². The number of likely N-dealkylation sites (N-methyl/N-ethyl adjacent to an activating group) is 1. The van der Waals surface area contributed by atoms with Gasteiger partial charge in [0.05, 0.1) is 39.6 Å². The minimum atomic E-state index is 0.0920. The highest BCUT2D eigenvalue weighted by Crippen LogP contribution is 2.27. The van der Waals surface area contributed by atoms with Crippen LogP contribution in [0, 0.1) is 0 Å². The SMILES string of the molecule is COCc1cc(N(C)C(=O)CN2CCOCC2)ccc1N1CCOCC1. The molecule has 7 nitrogen and oxygen atoms in total. The van der Waals surface area contributed by atoms with Crippen LogP contribution in [0.25, 0.3) is 0 Å². The normalized spacial score (nSPS) is 18.8. The van der Waals surface area contributed by atoms with Gasteiger partial charge in [0.1, 0.15) is 0 Å². The number of methoxy groups -OCH3 is 1. The van der Waals surface area contributed by atoms with Gasteiger partial charge >= 0.3 is 0 Å². The van der Waals surface area contributed by atoms with Gasteiger partial charge in [0, 0.05) is 57.3 Å². The maximum atomic E-state index is 12.7. The van der Waals surface area contributed by atoms with E-state index in [4.69, 9.17) is 14.2 Å². The lowest BCUT2D eigenvalue weighted by molar-refractivity contribution is -0.120. The molecule has 0 unspecified atom stereocenters. The average molecular weight is 363 g/mol. The molecule has 2 fully saturated rings. The number of hydrogen-bond acceptors (Lipinski definition) is 6. The second-order valence-electron chi connectivity index (χ2n) is 6.69. The van der Waals surface area contributed by atoms with Crippen LogP contribution in [0.1, 0.15) is 5.56 Å². The van der Waals surface area contributed by atoms with Gasteiger partial charge in [-0.1, -0.05) is 0 Å². The molecule has 1 aromatic carbocycles. The van der Waals surface area contributed by atoms with Crippen molar-refractivity contribution in [3.63, 3.8) is 0 Å². The first-order valence-corrected chi connectivity index (χ1v) is 9.20. The zero-order valence-corrected chi connectivity index (χ0v) is 15.8. The maximum Gasteiger partial charge on any atom is 0.240 e. The molecule has 2 saturated heterocycles. The Morgan fingerprint density at radius 2 is 1.77 bits per heavy atom. The third-order valence-electron chi connectivity index (χ3n) is 4.94. The minimum absolute atomic E-state index is 0.0920. The molecule has 2 heterocycles. The molecule has 144 valence electrons. The van der Waals surface area contributed by atoms with Crippen LogP contribution in [-0.4, -0.2) is 84.1 Å². The van der Waals surface area contributed by atoms with Crippen molar-refractivity contribution in [3.8, 4) is 0 Å². The van der Waals surface area contributed by atoms with Gasteiger partial charge < -0.3 is 24.0 Å². The second-order valence-corrected chi connectivity index (χ2v) is 6.69. The molecule has 2 aliphatic heterocycles. The minimum Gasteiger partial charge on any atom is -0.380 e. The van der Waals surface area contributed by atoms with Crippen LogP contribution in [0.4, 0.5) is 11.4 Å². The molecule has 7 heteroatoms. The summed E-state index contributed by atoms with van der Waals surface area (Å²) in [6, 6.07) is 6.17. The molecule has 3 rings (SSSR count). The molecule has 26 heavy (non-hydrogen) atoms. The van der Waals surface area contributed by atoms with Gasteiger partial charge in [-0.15, -0.1) is 0 Å². The highest BCUT2D eigenvalue weighted by Gasteiger charge is 2.20. The molecule has 0 saturated carbocycles. The Kier molecular flexibility index (Phi) is 6.85. The van der Waals surface area contributed by atoms with E-state index >= 15 is 0 Å². The Balaban J connectivity index is 1.71. The van der Waals surface area contributed by atoms with Crippen molar-refractivity contribution in [2.75, 3.05) is 83.1 Å². The first kappa shape index (κ1) is 19.1. The summed E-state index contributed by atoms with van der Waals surface area (Å²) < 4.78 is 16.2. The summed E-state index contributed by atoms with van der Waals surface area (Å²) in [6.07, 6.45) is 0. The molecule has 0 spiro atoms. The number of carbonyl (C=O) groups is 1. The van der Waals surface area contributed by atoms with Crippen molar-refractivity contribution in [1.82, 2.24) is 4.90 Å². The number of benzene rings is 1. The van der Waals surface area contributed by atoms with Crippen LogP contribution in [0.2, 0.25) is 0 Å². The van der Waals surface area contributed by atoms with Crippen LogP contribution in [0.3, 0.4) is 0 Å². The third-order valence-corrected chi connectivity index (χ3v) is 4.94. The summed E-state index contributed by atoms with van der Waals surface area (Å²) in [5.41, 5.74) is 3.15. The van der Waals surface area contributed by atoms with Gasteiger partial charge in [0.2, 0.25) is 5.91 Å². The maximum absolute atomic E-state index is 12.7. The molecule has 0 aromatic heterocycles. The van der Waals surface area contributed by atoms with Crippen molar-refractivity contribution in [2.45, 2.75) is 6.61 Å². The van der Waals surface area contributed by atoms with Crippen molar-refractivity contribution >= 4 is 17.3 Å². The van der Waals surface area contributed by atoms with Crippen LogP contribution in [-0.2, 0) is 25.6 Å². The highest BCUT2D eigenvalue weighted by molar-refractivity contribution is 5.94. The van der Waals surface area contributed by atoms with Gasteiger partial charge in [-0.2, -0.15) is 0 Å². The second kappa shape index (κ2) is 9.32. The number of morpholine rings is 2. The lowest BCUT2D eigenvalue weighted by Gasteiger charge is -2.31. The molecule has 0 bridgehead atoms. The monoisotopic (exact) mass is 363 g/mol. The molecule has 1 aromatic rings. The summed E-state index contributed by atoms with van der Waals surface area (Å²) in [6.45, 7) is 7.19. The van der Waals surface area contributed by atoms with E-state index in [2.05, 4.69) is 21.9 Å². The average Bonchev–Trinajstić information content (AvgIpc) is 2.69. The van der Waals surface area contributed by atoms with Crippen LogP contribution >= 0.6 is 0 Å². The van der Waals surface area contributed by atoms with Crippen LogP contribution in [0.5, 0.6) is 0 Å². The fraction of sp³-hybridized carbons (Fsp3) is 0.632.